The van der Waals surface area contributed by atoms with Crippen molar-refractivity contribution in [1.29, 1.82) is 0 Å². The van der Waals surface area contributed by atoms with Gasteiger partial charge in [-0.1, -0.05) is 7.43 Å². The minimum absolute atomic E-state index is 0. The van der Waals surface area contributed by atoms with Gasteiger partial charge in [0, 0.05) is 11.4 Å². The van der Waals surface area contributed by atoms with Gasteiger partial charge < -0.3 is 5.48 Å². The molecule has 0 aromatic heterocycles. The van der Waals surface area contributed by atoms with Gasteiger partial charge in [0.05, 0.1) is 0 Å². The van der Waals surface area contributed by atoms with E-state index in [1.165, 1.54) is 0 Å². The Labute approximate surface area is 52.6 Å². The molecule has 6 heteroatoms. The first-order valence-electron chi connectivity index (χ1n) is 0.779. The Morgan fingerprint density at radius 3 is 1.22 bits per heavy atom. The van der Waals surface area contributed by atoms with Crippen LogP contribution in [0.4, 0.5) is 0 Å². The molecule has 0 saturated heterocycles. The normalized spacial score (nSPS) is 1.56. The van der Waals surface area contributed by atoms with Gasteiger partial charge in [-0.25, -0.2) is 0 Å². The molecule has 0 aliphatic carbocycles. The summed E-state index contributed by atoms with van der Waals surface area (Å²) in [4.78, 5) is 30.2. The maximum absolute atomic E-state index is 8.12. The van der Waals surface area contributed by atoms with Gasteiger partial charge >= 0.3 is 17.5 Å². The third kappa shape index (κ3) is 84.0. The van der Waals surface area contributed by atoms with Gasteiger partial charge in [-0.2, -0.15) is 9.59 Å². The molecule has 0 fully saturated rings. The second-order valence-electron chi connectivity index (χ2n) is 0.0833. The van der Waals surface area contributed by atoms with Crippen molar-refractivity contribution in [2.24, 2.45) is 0 Å². The smallest absolute Gasteiger partial charge is 0 e. The molecular weight excluding hydrogens is 132 g/mol. The molecule has 0 saturated carbocycles. The van der Waals surface area contributed by atoms with Crippen LogP contribution in [0, 0.1) is 16.6 Å². The van der Waals surface area contributed by atoms with Gasteiger partial charge in [0.25, 0.3) is 0 Å². The van der Waals surface area contributed by atoms with E-state index < -0.39 is 0 Å². The van der Waals surface area contributed by atoms with Crippen molar-refractivity contribution >= 4 is 6.15 Å². The first-order valence-corrected chi connectivity index (χ1v) is 0.779. The largest absolute Gasteiger partial charge is 0 e. The van der Waals surface area contributed by atoms with Crippen molar-refractivity contribution < 1.29 is 21.1 Å². The zero-order valence-electron chi connectivity index (χ0n) is 3.54. The zero-order valence-corrected chi connectivity index (χ0v) is 3.54. The molecule has 0 spiro atoms. The Hall–Kier alpha value is -1.32. The molecule has 6 nitrogen and oxygen atoms in total. The predicted molar refractivity (Wildman–Crippen MR) is 28.1 cm³/mol. The van der Waals surface area contributed by atoms with E-state index in [-0.39, 0.29) is 20.5 Å². The van der Waals surface area contributed by atoms with Crippen molar-refractivity contribution in [3.8, 4) is 0 Å². The van der Waals surface area contributed by atoms with E-state index in [9.17, 15) is 0 Å². The Balaban J connectivity index is -0.00000000536. The van der Waals surface area contributed by atoms with Crippen molar-refractivity contribution in [3.05, 3.63) is 16.6 Å². The molecular formula is C3H8O6. The van der Waals surface area contributed by atoms with E-state index in [1.807, 2.05) is 0 Å². The Bertz CT molecular complexity index is 64.6. The Kier molecular flexibility index (Phi) is 11200. The van der Waals surface area contributed by atoms with Crippen LogP contribution in [0.2, 0.25) is 0 Å². The maximum Gasteiger partial charge on any atom is 0 e. The summed E-state index contributed by atoms with van der Waals surface area (Å²) in [5.74, 6) is 0. The van der Waals surface area contributed by atoms with E-state index in [1.54, 1.807) is 0 Å². The number of hydrogen-bond donors (Lipinski definition) is 0. The van der Waals surface area contributed by atoms with Gasteiger partial charge in [0.15, 0.2) is 0 Å². The fourth-order valence-corrected chi connectivity index (χ4v) is 0. The van der Waals surface area contributed by atoms with Gasteiger partial charge in [0.1, 0.15) is 0 Å². The summed E-state index contributed by atoms with van der Waals surface area (Å²) < 4.78 is 7.50. The molecule has 56 valence electrons. The van der Waals surface area contributed by atoms with Crippen LogP contribution in [0.1, 0.15) is 8.85 Å². The molecule has 2 N–H and O–H groups in total. The summed E-state index contributed by atoms with van der Waals surface area (Å²) in [6.45, 7) is 4.50. The predicted octanol–water partition coefficient (Wildman–Crippen LogP) is -0.497. The molecule has 0 rings (SSSR count). The molecule has 0 amide bonds. The molecule has 9 heavy (non-hydrogen) atoms. The van der Waals surface area contributed by atoms with Crippen molar-refractivity contribution in [2.45, 2.75) is 7.43 Å². The monoisotopic (exact) mass is 140 g/mol. The zero-order chi connectivity index (χ0) is 6.71. The Morgan fingerprint density at radius 1 is 1.22 bits per heavy atom. The Morgan fingerprint density at radius 2 is 1.22 bits per heavy atom. The van der Waals surface area contributed by atoms with E-state index in [0.29, 0.717) is 0 Å². The van der Waals surface area contributed by atoms with Gasteiger partial charge in [0.2, 0.25) is 0 Å². The van der Waals surface area contributed by atoms with Crippen molar-refractivity contribution in [1.82, 2.24) is 0 Å². The van der Waals surface area contributed by atoms with Gasteiger partial charge in [-0.15, -0.1) is 0 Å². The number of carbonyl (C=O) groups excluding carboxylic acids is 2. The van der Waals surface area contributed by atoms with Gasteiger partial charge in [-0.3, -0.25) is 0 Å². The van der Waals surface area contributed by atoms with E-state index >= 15 is 0 Å². The fraction of sp³-hybridized carbons (Fsp3) is 0.333. The van der Waals surface area contributed by atoms with E-state index in [0.717, 1.165) is 0 Å². The van der Waals surface area contributed by atoms with Crippen LogP contribution in [0.5, 0.6) is 0 Å². The van der Waals surface area contributed by atoms with Crippen LogP contribution in [-0.4, -0.2) is 11.6 Å². The first kappa shape index (κ1) is 47.7. The summed E-state index contributed by atoms with van der Waals surface area (Å²) >= 11 is 0. The number of rotatable bonds is 0. The molecule has 0 aliphatic heterocycles. The minimum Gasteiger partial charge on any atom is 0 e. The molecule has 0 unspecified atom stereocenters. The van der Waals surface area contributed by atoms with E-state index in [4.69, 9.17) is 24.2 Å². The molecule has 0 aromatic carbocycles. The molecule has 0 heterocycles. The fourth-order valence-electron chi connectivity index (χ4n) is 0. The standard InChI is InChI=1S/CO2.CO.CH4.O2.H2O.H2/c2-1-3;1-2;;1-2;;/h;;1H4;;1H2;1H. The third-order valence-electron chi connectivity index (χ3n) is 0. The van der Waals surface area contributed by atoms with Crippen LogP contribution in [0.25, 0.3) is 0 Å². The third-order valence-corrected chi connectivity index (χ3v) is 0. The van der Waals surface area contributed by atoms with E-state index in [2.05, 4.69) is 6.65 Å². The van der Waals surface area contributed by atoms with Crippen LogP contribution < -0.4 is 0 Å². The quantitative estimate of drug-likeness (QED) is 0.332. The maximum atomic E-state index is 8.12. The summed E-state index contributed by atoms with van der Waals surface area (Å²) in [7, 11) is 0. The van der Waals surface area contributed by atoms with Crippen LogP contribution in [-0.2, 0) is 14.2 Å². The average molecular weight is 140 g/mol. The first-order chi connectivity index (χ1) is 3.41. The minimum atomic E-state index is 0. The topological polar surface area (TPSA) is 120 Å². The van der Waals surface area contributed by atoms with Gasteiger partial charge in [-0.05, 0) is 0 Å². The molecule has 0 atom stereocenters. The molecule has 0 aromatic rings. The second kappa shape index (κ2) is 2100. The summed E-state index contributed by atoms with van der Waals surface area (Å²) in [6, 6.07) is 0. The van der Waals surface area contributed by atoms with Crippen LogP contribution >= 0.6 is 0 Å². The SMILES string of the molecule is C.O.O=C=O.O=O.[C-]#[O+].[HH]. The summed E-state index contributed by atoms with van der Waals surface area (Å²) in [5, 5.41) is 0. The average Bonchev–Trinajstić information content (AvgIpc) is 1.78. The molecule has 0 radical (unpaired) electrons. The second-order valence-corrected chi connectivity index (χ2v) is 0.0833. The van der Waals surface area contributed by atoms with Crippen molar-refractivity contribution in [2.75, 3.05) is 0 Å². The van der Waals surface area contributed by atoms with Crippen molar-refractivity contribution in [3.63, 3.8) is 0 Å². The molecule has 0 aliphatic rings. The number of hydrogen-bond acceptors (Lipinski definition) is 4. The summed E-state index contributed by atoms with van der Waals surface area (Å²) in [6.07, 6.45) is 0.250. The van der Waals surface area contributed by atoms with Crippen LogP contribution in [0.3, 0.4) is 0 Å². The summed E-state index contributed by atoms with van der Waals surface area (Å²) in [5.41, 5.74) is 0. The molecule has 0 bridgehead atoms. The van der Waals surface area contributed by atoms with Crippen LogP contribution in [0.15, 0.2) is 0 Å².